The maximum atomic E-state index is 11.8. The normalized spacial score (nSPS) is 26.7. The monoisotopic (exact) mass is 215 g/mol. The minimum absolute atomic E-state index is 0.0294. The number of rotatable bonds is 4. The molecule has 1 N–H and O–H groups in total. The fourth-order valence-electron chi connectivity index (χ4n) is 2.21. The first kappa shape index (κ1) is 12.5. The van der Waals surface area contributed by atoms with Gasteiger partial charge in [-0.15, -0.1) is 0 Å². The van der Waals surface area contributed by atoms with Crippen molar-refractivity contribution < 1.29 is 14.6 Å². The molecule has 0 spiro atoms. The van der Waals surface area contributed by atoms with E-state index in [0.29, 0.717) is 12.1 Å². The van der Waals surface area contributed by atoms with Crippen LogP contribution in [0.5, 0.6) is 0 Å². The Labute approximate surface area is 91.2 Å². The third-order valence-corrected chi connectivity index (χ3v) is 2.94. The van der Waals surface area contributed by atoms with Crippen LogP contribution in [-0.2, 0) is 9.53 Å². The van der Waals surface area contributed by atoms with Gasteiger partial charge in [0.25, 0.3) is 0 Å². The second-order valence-corrected chi connectivity index (χ2v) is 4.21. The van der Waals surface area contributed by atoms with Crippen LogP contribution in [0.25, 0.3) is 0 Å². The second kappa shape index (κ2) is 6.08. The minimum Gasteiger partial charge on any atom is -0.394 e. The van der Waals surface area contributed by atoms with Gasteiger partial charge in [0.2, 0.25) is 5.91 Å². The average molecular weight is 215 g/mol. The summed E-state index contributed by atoms with van der Waals surface area (Å²) in [6.45, 7) is 4.47. The SMILES string of the molecule is CC1CCCC(C)N1C(=O)COCCO. The number of nitrogens with zero attached hydrogens (tertiary/aromatic N) is 1. The first-order valence-electron chi connectivity index (χ1n) is 5.66. The highest BCUT2D eigenvalue weighted by Gasteiger charge is 2.28. The highest BCUT2D eigenvalue weighted by molar-refractivity contribution is 5.78. The Kier molecular flexibility index (Phi) is 5.05. The molecule has 2 unspecified atom stereocenters. The van der Waals surface area contributed by atoms with Gasteiger partial charge in [-0.25, -0.2) is 0 Å². The van der Waals surface area contributed by atoms with Gasteiger partial charge in [-0.1, -0.05) is 0 Å². The van der Waals surface area contributed by atoms with Crippen molar-refractivity contribution in [3.63, 3.8) is 0 Å². The number of hydrogen-bond donors (Lipinski definition) is 1. The van der Waals surface area contributed by atoms with E-state index in [1.165, 1.54) is 6.42 Å². The molecule has 4 nitrogen and oxygen atoms in total. The number of aliphatic hydroxyl groups excluding tert-OH is 1. The van der Waals surface area contributed by atoms with E-state index in [2.05, 4.69) is 13.8 Å². The summed E-state index contributed by atoms with van der Waals surface area (Å²) in [4.78, 5) is 13.7. The molecule has 1 rings (SSSR count). The number of ether oxygens (including phenoxy) is 1. The number of likely N-dealkylation sites (tertiary alicyclic amines) is 1. The molecule has 0 radical (unpaired) electrons. The Morgan fingerprint density at radius 2 is 2.00 bits per heavy atom. The zero-order valence-corrected chi connectivity index (χ0v) is 9.61. The molecule has 1 aliphatic rings. The molecule has 0 bridgehead atoms. The van der Waals surface area contributed by atoms with Crippen molar-refractivity contribution in [3.8, 4) is 0 Å². The van der Waals surface area contributed by atoms with Crippen LogP contribution >= 0.6 is 0 Å². The van der Waals surface area contributed by atoms with Crippen molar-refractivity contribution >= 4 is 5.91 Å². The Balaban J connectivity index is 2.41. The van der Waals surface area contributed by atoms with Crippen molar-refractivity contribution in [3.05, 3.63) is 0 Å². The largest absolute Gasteiger partial charge is 0.394 e. The fraction of sp³-hybridized carbons (Fsp3) is 0.909. The lowest BCUT2D eigenvalue weighted by Gasteiger charge is -2.39. The van der Waals surface area contributed by atoms with E-state index in [0.717, 1.165) is 12.8 Å². The zero-order valence-electron chi connectivity index (χ0n) is 9.61. The first-order chi connectivity index (χ1) is 7.16. The van der Waals surface area contributed by atoms with E-state index in [9.17, 15) is 4.79 Å². The van der Waals surface area contributed by atoms with Crippen molar-refractivity contribution in [1.29, 1.82) is 0 Å². The van der Waals surface area contributed by atoms with Gasteiger partial charge in [0.1, 0.15) is 6.61 Å². The van der Waals surface area contributed by atoms with Crippen LogP contribution in [0.2, 0.25) is 0 Å². The predicted octanol–water partition coefficient (Wildman–Crippen LogP) is 0.785. The molecule has 1 aliphatic heterocycles. The highest BCUT2D eigenvalue weighted by atomic mass is 16.5. The van der Waals surface area contributed by atoms with Gasteiger partial charge in [-0.3, -0.25) is 4.79 Å². The van der Waals surface area contributed by atoms with E-state index in [1.54, 1.807) is 0 Å². The molecule has 1 fully saturated rings. The van der Waals surface area contributed by atoms with Crippen molar-refractivity contribution in [1.82, 2.24) is 4.90 Å². The molecule has 15 heavy (non-hydrogen) atoms. The summed E-state index contributed by atoms with van der Waals surface area (Å²) in [5, 5.41) is 8.54. The number of hydrogen-bond acceptors (Lipinski definition) is 3. The van der Waals surface area contributed by atoms with Gasteiger partial charge in [0.05, 0.1) is 13.2 Å². The third kappa shape index (κ3) is 3.47. The van der Waals surface area contributed by atoms with E-state index in [4.69, 9.17) is 9.84 Å². The smallest absolute Gasteiger partial charge is 0.249 e. The van der Waals surface area contributed by atoms with Crippen LogP contribution in [0.15, 0.2) is 0 Å². The summed E-state index contributed by atoms with van der Waals surface area (Å²) in [6.07, 6.45) is 3.36. The van der Waals surface area contributed by atoms with Crippen LogP contribution in [0.3, 0.4) is 0 Å². The second-order valence-electron chi connectivity index (χ2n) is 4.21. The molecule has 88 valence electrons. The van der Waals surface area contributed by atoms with Crippen LogP contribution < -0.4 is 0 Å². The molecule has 0 saturated carbocycles. The van der Waals surface area contributed by atoms with Crippen molar-refractivity contribution in [2.45, 2.75) is 45.2 Å². The molecule has 0 aliphatic carbocycles. The predicted molar refractivity (Wildman–Crippen MR) is 57.5 cm³/mol. The molecule has 4 heteroatoms. The van der Waals surface area contributed by atoms with E-state index in [1.807, 2.05) is 4.90 Å². The van der Waals surface area contributed by atoms with Crippen LogP contribution in [0, 0.1) is 0 Å². The summed E-state index contributed by atoms with van der Waals surface area (Å²) < 4.78 is 5.05. The number of carbonyl (C=O) groups excluding carboxylic acids is 1. The number of carbonyl (C=O) groups is 1. The molecular formula is C11H21NO3. The highest BCUT2D eigenvalue weighted by Crippen LogP contribution is 2.22. The minimum atomic E-state index is -0.0294. The molecule has 0 aromatic carbocycles. The summed E-state index contributed by atoms with van der Waals surface area (Å²) in [5.74, 6) is 0.0446. The summed E-state index contributed by atoms with van der Waals surface area (Å²) in [5.41, 5.74) is 0. The molecule has 1 heterocycles. The summed E-state index contributed by atoms with van der Waals surface area (Å²) in [7, 11) is 0. The number of piperidine rings is 1. The Bertz CT molecular complexity index is 198. The van der Waals surface area contributed by atoms with Gasteiger partial charge >= 0.3 is 0 Å². The maximum absolute atomic E-state index is 11.8. The van der Waals surface area contributed by atoms with E-state index in [-0.39, 0.29) is 25.7 Å². The van der Waals surface area contributed by atoms with E-state index >= 15 is 0 Å². The van der Waals surface area contributed by atoms with Gasteiger partial charge in [-0.05, 0) is 33.1 Å². The average Bonchev–Trinajstić information content (AvgIpc) is 2.18. The van der Waals surface area contributed by atoms with Gasteiger partial charge in [0.15, 0.2) is 0 Å². The standard InChI is InChI=1S/C11H21NO3/c1-9-4-3-5-10(2)12(9)11(14)8-15-7-6-13/h9-10,13H,3-8H2,1-2H3. The van der Waals surface area contributed by atoms with Crippen molar-refractivity contribution in [2.75, 3.05) is 19.8 Å². The fourth-order valence-corrected chi connectivity index (χ4v) is 2.21. The third-order valence-electron chi connectivity index (χ3n) is 2.94. The topological polar surface area (TPSA) is 49.8 Å². The van der Waals surface area contributed by atoms with E-state index < -0.39 is 0 Å². The first-order valence-corrected chi connectivity index (χ1v) is 5.66. The van der Waals surface area contributed by atoms with Gasteiger partial charge in [-0.2, -0.15) is 0 Å². The molecule has 1 amide bonds. The summed E-state index contributed by atoms with van der Waals surface area (Å²) >= 11 is 0. The molecule has 0 aromatic heterocycles. The Hall–Kier alpha value is -0.610. The molecule has 1 saturated heterocycles. The van der Waals surface area contributed by atoms with Gasteiger partial charge in [0, 0.05) is 12.1 Å². The molecule has 0 aromatic rings. The van der Waals surface area contributed by atoms with Crippen molar-refractivity contribution in [2.24, 2.45) is 0 Å². The molecular weight excluding hydrogens is 194 g/mol. The van der Waals surface area contributed by atoms with Gasteiger partial charge < -0.3 is 14.7 Å². The lowest BCUT2D eigenvalue weighted by Crippen LogP contribution is -2.49. The van der Waals surface area contributed by atoms with Crippen LogP contribution in [0.1, 0.15) is 33.1 Å². The Morgan fingerprint density at radius 3 is 2.53 bits per heavy atom. The Morgan fingerprint density at radius 1 is 1.40 bits per heavy atom. The summed E-state index contributed by atoms with van der Waals surface area (Å²) in [6, 6.07) is 0.637. The van der Waals surface area contributed by atoms with Crippen LogP contribution in [0.4, 0.5) is 0 Å². The lowest BCUT2D eigenvalue weighted by molar-refractivity contribution is -0.142. The zero-order chi connectivity index (χ0) is 11.3. The van der Waals surface area contributed by atoms with Crippen LogP contribution in [-0.4, -0.2) is 47.8 Å². The molecule has 2 atom stereocenters. The number of amides is 1. The number of aliphatic hydroxyl groups is 1. The maximum Gasteiger partial charge on any atom is 0.249 e. The lowest BCUT2D eigenvalue weighted by atomic mass is 9.97. The quantitative estimate of drug-likeness (QED) is 0.705.